The van der Waals surface area contributed by atoms with E-state index in [1.165, 1.54) is 0 Å². The van der Waals surface area contributed by atoms with E-state index >= 15 is 0 Å². The van der Waals surface area contributed by atoms with Crippen LogP contribution >= 0.6 is 22.9 Å². The van der Waals surface area contributed by atoms with Crippen molar-refractivity contribution in [1.82, 2.24) is 0 Å². The molecule has 0 spiro atoms. The van der Waals surface area contributed by atoms with Crippen LogP contribution < -0.4 is 0 Å². The molecule has 2 nitrogen and oxygen atoms in total. The third-order valence-electron chi connectivity index (χ3n) is 2.18. The molecule has 0 amide bonds. The summed E-state index contributed by atoms with van der Waals surface area (Å²) in [4.78, 5) is 11.2. The monoisotopic (exact) mass is 264 g/mol. The van der Waals surface area contributed by atoms with E-state index in [0.29, 0.717) is 9.90 Å². The van der Waals surface area contributed by atoms with Gasteiger partial charge in [-0.2, -0.15) is 0 Å². The Labute approximate surface area is 108 Å². The zero-order chi connectivity index (χ0) is 12.3. The molecule has 1 aromatic carbocycles. The van der Waals surface area contributed by atoms with E-state index in [4.69, 9.17) is 16.7 Å². The Hall–Kier alpha value is -1.58. The Morgan fingerprint density at radius 2 is 1.94 bits per heavy atom. The quantitative estimate of drug-likeness (QED) is 0.899. The lowest BCUT2D eigenvalue weighted by Crippen LogP contribution is -1.93. The minimum Gasteiger partial charge on any atom is -0.477 e. The Morgan fingerprint density at radius 3 is 2.59 bits per heavy atom. The molecule has 17 heavy (non-hydrogen) atoms. The predicted octanol–water partition coefficient (Wildman–Crippen LogP) is 4.27. The van der Waals surface area contributed by atoms with Gasteiger partial charge in [0.15, 0.2) is 0 Å². The minimum absolute atomic E-state index is 0.266. The molecule has 0 radical (unpaired) electrons. The van der Waals surface area contributed by atoms with Crippen molar-refractivity contribution in [2.24, 2.45) is 0 Å². The van der Waals surface area contributed by atoms with Gasteiger partial charge in [0.25, 0.3) is 0 Å². The van der Waals surface area contributed by atoms with Crippen LogP contribution in [0, 0.1) is 0 Å². The Bertz CT molecular complexity index is 558. The fourth-order valence-corrected chi connectivity index (χ4v) is 2.48. The average Bonchev–Trinajstić information content (AvgIpc) is 2.69. The van der Waals surface area contributed by atoms with Crippen molar-refractivity contribution in [3.63, 3.8) is 0 Å². The topological polar surface area (TPSA) is 37.3 Å². The third-order valence-corrected chi connectivity index (χ3v) is 3.45. The maximum absolute atomic E-state index is 11.0. The number of benzene rings is 1. The molecule has 0 bridgehead atoms. The molecule has 0 saturated carbocycles. The van der Waals surface area contributed by atoms with Gasteiger partial charge in [0.2, 0.25) is 0 Å². The normalized spacial score (nSPS) is 10.9. The van der Waals surface area contributed by atoms with Crippen molar-refractivity contribution in [1.29, 1.82) is 0 Å². The second-order valence-corrected chi connectivity index (χ2v) is 5.07. The summed E-state index contributed by atoms with van der Waals surface area (Å²) in [6.07, 6.45) is 3.63. The molecule has 2 rings (SSSR count). The van der Waals surface area contributed by atoms with Gasteiger partial charge in [0.1, 0.15) is 4.88 Å². The number of rotatable bonds is 3. The zero-order valence-corrected chi connectivity index (χ0v) is 10.3. The lowest BCUT2D eigenvalue weighted by atomic mass is 10.1. The average molecular weight is 265 g/mol. The van der Waals surface area contributed by atoms with Crippen molar-refractivity contribution >= 4 is 41.1 Å². The van der Waals surface area contributed by atoms with Crippen LogP contribution in [0.1, 0.15) is 20.8 Å². The van der Waals surface area contributed by atoms with Crippen molar-refractivity contribution in [3.05, 3.63) is 56.7 Å². The van der Waals surface area contributed by atoms with Crippen LogP contribution in [0.3, 0.4) is 0 Å². The number of thiophene rings is 1. The molecule has 86 valence electrons. The van der Waals surface area contributed by atoms with Crippen molar-refractivity contribution in [3.8, 4) is 0 Å². The lowest BCUT2D eigenvalue weighted by Gasteiger charge is -1.93. The Morgan fingerprint density at radius 1 is 1.24 bits per heavy atom. The second-order valence-electron chi connectivity index (χ2n) is 3.38. The van der Waals surface area contributed by atoms with Gasteiger partial charge < -0.3 is 5.11 Å². The van der Waals surface area contributed by atoms with E-state index < -0.39 is 5.97 Å². The van der Waals surface area contributed by atoms with E-state index in [9.17, 15) is 4.79 Å². The van der Waals surface area contributed by atoms with E-state index in [1.807, 2.05) is 36.4 Å². The fraction of sp³-hybridized carbons (Fsp3) is 0. The molecular formula is C13H9ClO2S. The van der Waals surface area contributed by atoms with Crippen LogP contribution in [0.2, 0.25) is 4.34 Å². The van der Waals surface area contributed by atoms with Crippen LogP contribution in [0.15, 0.2) is 36.4 Å². The van der Waals surface area contributed by atoms with Gasteiger partial charge in [-0.15, -0.1) is 11.3 Å². The third kappa shape index (κ3) is 2.96. The van der Waals surface area contributed by atoms with E-state index in [2.05, 4.69) is 0 Å². The molecule has 1 aromatic heterocycles. The number of carboxylic acid groups (broad SMARTS) is 1. The molecule has 0 aliphatic heterocycles. The highest BCUT2D eigenvalue weighted by molar-refractivity contribution is 7.18. The molecule has 1 N–H and O–H groups in total. The van der Waals surface area contributed by atoms with Gasteiger partial charge in [-0.25, -0.2) is 4.79 Å². The fourth-order valence-electron chi connectivity index (χ4n) is 1.41. The smallest absolute Gasteiger partial charge is 0.346 e. The van der Waals surface area contributed by atoms with E-state index in [-0.39, 0.29) is 4.88 Å². The summed E-state index contributed by atoms with van der Waals surface area (Å²) in [7, 11) is 0. The maximum Gasteiger partial charge on any atom is 0.346 e. The summed E-state index contributed by atoms with van der Waals surface area (Å²) in [5.74, 6) is -0.949. The lowest BCUT2D eigenvalue weighted by molar-refractivity contribution is 0.0702. The molecule has 0 saturated heterocycles. The molecule has 0 fully saturated rings. The zero-order valence-electron chi connectivity index (χ0n) is 8.76. The van der Waals surface area contributed by atoms with Crippen LogP contribution in [0.4, 0.5) is 0 Å². The predicted molar refractivity (Wildman–Crippen MR) is 71.7 cm³/mol. The highest BCUT2D eigenvalue weighted by atomic mass is 35.5. The van der Waals surface area contributed by atoms with Gasteiger partial charge in [-0.3, -0.25) is 0 Å². The first-order chi connectivity index (χ1) is 8.16. The second kappa shape index (κ2) is 5.17. The van der Waals surface area contributed by atoms with Crippen LogP contribution in [0.5, 0.6) is 0 Å². The molecule has 1 heterocycles. The molecular weight excluding hydrogens is 256 g/mol. The number of carbonyl (C=O) groups is 1. The van der Waals surface area contributed by atoms with Crippen LogP contribution in [0.25, 0.3) is 12.2 Å². The Balaban J connectivity index is 2.30. The standard InChI is InChI=1S/C13H9ClO2S/c14-11-8-10(12(17-11)13(15)16)7-6-9-4-2-1-3-5-9/h1-8H,(H,15,16)/b7-6-. The van der Waals surface area contributed by atoms with Gasteiger partial charge in [-0.05, 0) is 11.6 Å². The summed E-state index contributed by atoms with van der Waals surface area (Å²) < 4.78 is 0.482. The number of carboxylic acids is 1. The van der Waals surface area contributed by atoms with E-state index in [1.54, 1.807) is 12.1 Å². The van der Waals surface area contributed by atoms with Crippen LogP contribution in [-0.4, -0.2) is 11.1 Å². The van der Waals surface area contributed by atoms with Crippen LogP contribution in [-0.2, 0) is 0 Å². The minimum atomic E-state index is -0.949. The van der Waals surface area contributed by atoms with Gasteiger partial charge in [-0.1, -0.05) is 54.1 Å². The molecule has 4 heteroatoms. The van der Waals surface area contributed by atoms with Gasteiger partial charge >= 0.3 is 5.97 Å². The molecule has 0 aliphatic rings. The number of halogens is 1. The van der Waals surface area contributed by atoms with Crippen molar-refractivity contribution in [2.45, 2.75) is 0 Å². The number of aromatic carboxylic acids is 1. The molecule has 0 unspecified atom stereocenters. The Kier molecular flexibility index (Phi) is 3.61. The van der Waals surface area contributed by atoms with Crippen molar-refractivity contribution in [2.75, 3.05) is 0 Å². The molecule has 0 aliphatic carbocycles. The summed E-state index contributed by atoms with van der Waals surface area (Å²) in [5.41, 5.74) is 1.66. The summed E-state index contributed by atoms with van der Waals surface area (Å²) in [6.45, 7) is 0. The first kappa shape index (κ1) is 11.9. The highest BCUT2D eigenvalue weighted by Crippen LogP contribution is 2.28. The maximum atomic E-state index is 11.0. The van der Waals surface area contributed by atoms with Gasteiger partial charge in [0, 0.05) is 5.56 Å². The summed E-state index contributed by atoms with van der Waals surface area (Å²) >= 11 is 6.88. The van der Waals surface area contributed by atoms with Crippen molar-refractivity contribution < 1.29 is 9.90 Å². The first-order valence-electron chi connectivity index (χ1n) is 4.92. The number of hydrogen-bond acceptors (Lipinski definition) is 2. The SMILES string of the molecule is O=C(O)c1sc(Cl)cc1/C=C\c1ccccc1. The first-order valence-corrected chi connectivity index (χ1v) is 6.12. The molecule has 2 aromatic rings. The largest absolute Gasteiger partial charge is 0.477 e. The summed E-state index contributed by atoms with van der Waals surface area (Å²) in [5, 5.41) is 8.99. The summed E-state index contributed by atoms with van der Waals surface area (Å²) in [6, 6.07) is 11.4. The highest BCUT2D eigenvalue weighted by Gasteiger charge is 2.12. The number of hydrogen-bond donors (Lipinski definition) is 1. The van der Waals surface area contributed by atoms with Gasteiger partial charge in [0.05, 0.1) is 4.34 Å². The van der Waals surface area contributed by atoms with E-state index in [0.717, 1.165) is 16.9 Å². The molecule has 0 atom stereocenters.